The molecule has 8 heteroatoms. The van der Waals surface area contributed by atoms with E-state index < -0.39 is 0 Å². The van der Waals surface area contributed by atoms with Gasteiger partial charge in [-0.15, -0.1) is 0 Å². The second-order valence-corrected chi connectivity index (χ2v) is 11.9. The first-order chi connectivity index (χ1) is 24.8. The molecule has 0 atom stereocenters. The van der Waals surface area contributed by atoms with Gasteiger partial charge in [-0.2, -0.15) is 0 Å². The van der Waals surface area contributed by atoms with E-state index >= 15 is 0 Å². The molecule has 50 heavy (non-hydrogen) atoms. The van der Waals surface area contributed by atoms with Crippen molar-refractivity contribution < 1.29 is 8.83 Å². The molecule has 0 spiro atoms. The molecule has 4 heterocycles. The predicted molar refractivity (Wildman–Crippen MR) is 195 cm³/mol. The van der Waals surface area contributed by atoms with Crippen LogP contribution in [0.3, 0.4) is 0 Å². The molecule has 10 rings (SSSR count). The fraction of sp³-hybridized carbons (Fsp3) is 0. The zero-order chi connectivity index (χ0) is 33.0. The van der Waals surface area contributed by atoms with Crippen LogP contribution in [0.1, 0.15) is 0 Å². The van der Waals surface area contributed by atoms with Gasteiger partial charge in [0.1, 0.15) is 11.1 Å². The number of para-hydroxylation sites is 1. The Balaban J connectivity index is 1.10. The molecule has 0 unspecified atom stereocenters. The summed E-state index contributed by atoms with van der Waals surface area (Å²) in [6.45, 7) is 0. The summed E-state index contributed by atoms with van der Waals surface area (Å²) in [5.74, 6) is 2.20. The Kier molecular flexibility index (Phi) is 6.32. The smallest absolute Gasteiger partial charge is 0.227 e. The van der Waals surface area contributed by atoms with Crippen molar-refractivity contribution in [2.24, 2.45) is 0 Å². The van der Waals surface area contributed by atoms with Crippen molar-refractivity contribution in [3.63, 3.8) is 0 Å². The van der Waals surface area contributed by atoms with Crippen molar-refractivity contribution in [3.8, 4) is 56.7 Å². The summed E-state index contributed by atoms with van der Waals surface area (Å²) in [4.78, 5) is 29.3. The van der Waals surface area contributed by atoms with Crippen LogP contribution < -0.4 is 0 Å². The number of rotatable bonds is 5. The number of aromatic nitrogens is 6. The average molecular weight is 645 g/mol. The Morgan fingerprint density at radius 1 is 0.380 bits per heavy atom. The van der Waals surface area contributed by atoms with Gasteiger partial charge in [-0.3, -0.25) is 9.97 Å². The number of fused-ring (bicyclic) bond motifs is 6. The summed E-state index contributed by atoms with van der Waals surface area (Å²) >= 11 is 0. The van der Waals surface area contributed by atoms with E-state index in [0.717, 1.165) is 60.8 Å². The lowest BCUT2D eigenvalue weighted by molar-refractivity contribution is 0.620. The molecule has 0 bridgehead atoms. The molecular formula is C42H24N6O2. The zero-order valence-electron chi connectivity index (χ0n) is 26.4. The number of nitrogens with zero attached hydrogens (tertiary/aromatic N) is 6. The lowest BCUT2D eigenvalue weighted by Crippen LogP contribution is -2.01. The maximum absolute atomic E-state index is 6.29. The lowest BCUT2D eigenvalue weighted by Gasteiger charge is -2.12. The van der Waals surface area contributed by atoms with E-state index in [1.54, 1.807) is 12.4 Å². The van der Waals surface area contributed by atoms with Gasteiger partial charge in [-0.25, -0.2) is 19.9 Å². The Hall–Kier alpha value is -7.06. The maximum atomic E-state index is 6.29. The second-order valence-electron chi connectivity index (χ2n) is 11.9. The van der Waals surface area contributed by atoms with E-state index in [1.165, 1.54) is 0 Å². The fourth-order valence-corrected chi connectivity index (χ4v) is 6.52. The van der Waals surface area contributed by atoms with E-state index in [-0.39, 0.29) is 0 Å². The molecule has 0 fully saturated rings. The summed E-state index contributed by atoms with van der Waals surface area (Å²) in [7, 11) is 0. The quantitative estimate of drug-likeness (QED) is 0.182. The van der Waals surface area contributed by atoms with Crippen LogP contribution in [0.2, 0.25) is 0 Å². The van der Waals surface area contributed by atoms with Gasteiger partial charge in [0.15, 0.2) is 34.2 Å². The van der Waals surface area contributed by atoms with Crippen LogP contribution in [0, 0.1) is 0 Å². The molecule has 234 valence electrons. The first-order valence-electron chi connectivity index (χ1n) is 16.2. The molecular weight excluding hydrogens is 621 g/mol. The SMILES string of the molecule is c1ccc(-c2nc(-c3ccccc3)nc(-c3ccc(-c4cccc(-c5nc6c(ccc7c8ccccc8oc76)o5)c4)c4nccnc34)n2)cc1. The van der Waals surface area contributed by atoms with Crippen LogP contribution >= 0.6 is 0 Å². The van der Waals surface area contributed by atoms with Gasteiger partial charge >= 0.3 is 0 Å². The molecule has 0 radical (unpaired) electrons. The van der Waals surface area contributed by atoms with E-state index in [1.807, 2.05) is 115 Å². The number of hydrogen-bond donors (Lipinski definition) is 0. The van der Waals surface area contributed by atoms with Crippen LogP contribution in [0.4, 0.5) is 0 Å². The van der Waals surface area contributed by atoms with Crippen LogP contribution in [0.15, 0.2) is 155 Å². The highest BCUT2D eigenvalue weighted by molar-refractivity contribution is 6.13. The van der Waals surface area contributed by atoms with Gasteiger partial charge in [0.25, 0.3) is 0 Å². The third-order valence-electron chi connectivity index (χ3n) is 8.89. The van der Waals surface area contributed by atoms with Gasteiger partial charge in [-0.05, 0) is 42.0 Å². The monoisotopic (exact) mass is 644 g/mol. The molecule has 0 aliphatic carbocycles. The second kappa shape index (κ2) is 11.3. The van der Waals surface area contributed by atoms with Crippen molar-refractivity contribution in [2.45, 2.75) is 0 Å². The van der Waals surface area contributed by atoms with Crippen molar-refractivity contribution in [1.82, 2.24) is 29.9 Å². The van der Waals surface area contributed by atoms with Gasteiger partial charge in [0.05, 0.1) is 5.52 Å². The molecule has 0 N–H and O–H groups in total. The molecule has 10 aromatic rings. The topological polar surface area (TPSA) is 104 Å². The number of oxazole rings is 1. The molecule has 0 aliphatic heterocycles. The fourth-order valence-electron chi connectivity index (χ4n) is 6.52. The Morgan fingerprint density at radius 3 is 1.76 bits per heavy atom. The number of benzene rings is 6. The Bertz CT molecular complexity index is 2820. The van der Waals surface area contributed by atoms with E-state index in [9.17, 15) is 0 Å². The number of furan rings is 1. The zero-order valence-corrected chi connectivity index (χ0v) is 26.4. The summed E-state index contributed by atoms with van der Waals surface area (Å²) in [6, 6.07) is 44.0. The summed E-state index contributed by atoms with van der Waals surface area (Å²) < 4.78 is 12.5. The normalized spacial score (nSPS) is 11.6. The molecule has 8 nitrogen and oxygen atoms in total. The van der Waals surface area contributed by atoms with E-state index in [4.69, 9.17) is 38.7 Å². The largest absolute Gasteiger partial charge is 0.454 e. The summed E-state index contributed by atoms with van der Waals surface area (Å²) in [5.41, 5.74) is 9.58. The third kappa shape index (κ3) is 4.62. The summed E-state index contributed by atoms with van der Waals surface area (Å²) in [6.07, 6.45) is 3.40. The average Bonchev–Trinajstić information content (AvgIpc) is 3.80. The molecule has 0 saturated heterocycles. The Morgan fingerprint density at radius 2 is 1.00 bits per heavy atom. The van der Waals surface area contributed by atoms with Crippen molar-refractivity contribution in [1.29, 1.82) is 0 Å². The highest BCUT2D eigenvalue weighted by Crippen LogP contribution is 2.38. The van der Waals surface area contributed by atoms with Gasteiger partial charge in [0, 0.05) is 51.0 Å². The van der Waals surface area contributed by atoms with Crippen molar-refractivity contribution in [2.75, 3.05) is 0 Å². The van der Waals surface area contributed by atoms with Crippen LogP contribution in [-0.2, 0) is 0 Å². The third-order valence-corrected chi connectivity index (χ3v) is 8.89. The number of hydrogen-bond acceptors (Lipinski definition) is 8. The standard InChI is InChI=1S/C42H24N6O2/c1-3-10-25(11-4-1)39-46-40(26-12-5-2-6-13-26)48-41(47-39)32-19-18-29(35-36(32)44-23-22-43-35)27-14-9-15-28(24-27)42-45-37-34(50-42)21-20-31-30-16-7-8-17-33(30)49-38(31)37/h1-24H. The van der Waals surface area contributed by atoms with Crippen molar-refractivity contribution in [3.05, 3.63) is 146 Å². The van der Waals surface area contributed by atoms with Crippen molar-refractivity contribution >= 4 is 44.1 Å². The van der Waals surface area contributed by atoms with Gasteiger partial charge in [0.2, 0.25) is 5.89 Å². The van der Waals surface area contributed by atoms with Crippen LogP contribution in [-0.4, -0.2) is 29.9 Å². The highest BCUT2D eigenvalue weighted by Gasteiger charge is 2.19. The first kappa shape index (κ1) is 28.0. The first-order valence-corrected chi connectivity index (χ1v) is 16.2. The molecule has 4 aromatic heterocycles. The maximum Gasteiger partial charge on any atom is 0.227 e. The lowest BCUT2D eigenvalue weighted by atomic mass is 9.99. The summed E-state index contributed by atoms with van der Waals surface area (Å²) in [5, 5.41) is 2.06. The highest BCUT2D eigenvalue weighted by atomic mass is 16.4. The molecule has 0 saturated carbocycles. The van der Waals surface area contributed by atoms with Crippen LogP contribution in [0.5, 0.6) is 0 Å². The van der Waals surface area contributed by atoms with Gasteiger partial charge in [-0.1, -0.05) is 97.1 Å². The minimum absolute atomic E-state index is 0.508. The minimum atomic E-state index is 0.508. The van der Waals surface area contributed by atoms with Crippen LogP contribution in [0.25, 0.3) is 101 Å². The molecule has 0 aliphatic rings. The molecule has 6 aromatic carbocycles. The van der Waals surface area contributed by atoms with E-state index in [0.29, 0.717) is 40.0 Å². The van der Waals surface area contributed by atoms with E-state index in [2.05, 4.69) is 18.2 Å². The Labute approximate surface area is 284 Å². The molecule has 0 amide bonds. The van der Waals surface area contributed by atoms with Gasteiger partial charge < -0.3 is 8.83 Å². The minimum Gasteiger partial charge on any atom is -0.454 e. The predicted octanol–water partition coefficient (Wildman–Crippen LogP) is 10.2.